The first-order valence-electron chi connectivity index (χ1n) is 6.36. The number of nitrogens with one attached hydrogen (secondary N) is 1. The van der Waals surface area contributed by atoms with Crippen LogP contribution in [0.2, 0.25) is 0 Å². The van der Waals surface area contributed by atoms with Crippen LogP contribution in [0.1, 0.15) is 31.4 Å². The van der Waals surface area contributed by atoms with Crippen molar-refractivity contribution in [1.29, 1.82) is 0 Å². The quantitative estimate of drug-likeness (QED) is 0.327. The Balaban J connectivity index is 2.10. The predicted octanol–water partition coefficient (Wildman–Crippen LogP) is 1.68. The van der Waals surface area contributed by atoms with Crippen molar-refractivity contribution in [2.45, 2.75) is 32.9 Å². The fourth-order valence-electron chi connectivity index (χ4n) is 2.18. The Morgan fingerprint density at radius 1 is 1.58 bits per heavy atom. The van der Waals surface area contributed by atoms with Gasteiger partial charge in [-0.3, -0.25) is 0 Å². The molecular formula is C14H21N3O2. The fraction of sp³-hybridized carbons (Fsp3) is 0.500. The monoisotopic (exact) mass is 263 g/mol. The molecule has 1 fully saturated rings. The highest BCUT2D eigenvalue weighted by Gasteiger charge is 2.44. The molecule has 0 saturated heterocycles. The number of hydrogen-bond donors (Lipinski definition) is 3. The van der Waals surface area contributed by atoms with Crippen molar-refractivity contribution < 1.29 is 9.94 Å². The van der Waals surface area contributed by atoms with Gasteiger partial charge in [-0.25, -0.2) is 0 Å². The van der Waals surface area contributed by atoms with E-state index in [9.17, 15) is 0 Å². The van der Waals surface area contributed by atoms with Gasteiger partial charge in [-0.15, -0.1) is 0 Å². The molecule has 0 spiro atoms. The highest BCUT2D eigenvalue weighted by Crippen LogP contribution is 2.44. The van der Waals surface area contributed by atoms with Crippen LogP contribution in [0, 0.1) is 5.41 Å². The number of rotatable bonds is 5. The lowest BCUT2D eigenvalue weighted by Gasteiger charge is -2.11. The third-order valence-corrected chi connectivity index (χ3v) is 3.71. The molecule has 1 aliphatic carbocycles. The number of oxime groups is 1. The van der Waals surface area contributed by atoms with E-state index in [0.29, 0.717) is 22.8 Å². The molecule has 1 atom stereocenters. The number of hydrogen-bond acceptors (Lipinski definition) is 4. The number of nitrogens with zero attached hydrogens (tertiary/aromatic N) is 1. The van der Waals surface area contributed by atoms with E-state index in [1.807, 2.05) is 18.2 Å². The summed E-state index contributed by atoms with van der Waals surface area (Å²) in [6.45, 7) is 5.27. The van der Waals surface area contributed by atoms with Crippen LogP contribution >= 0.6 is 0 Å². The van der Waals surface area contributed by atoms with Crippen molar-refractivity contribution in [2.75, 3.05) is 7.11 Å². The Morgan fingerprint density at radius 2 is 2.26 bits per heavy atom. The molecule has 0 amide bonds. The van der Waals surface area contributed by atoms with E-state index in [0.717, 1.165) is 12.1 Å². The Hall–Kier alpha value is -1.75. The highest BCUT2D eigenvalue weighted by molar-refractivity contribution is 5.99. The van der Waals surface area contributed by atoms with E-state index in [4.69, 9.17) is 15.7 Å². The molecule has 1 unspecified atom stereocenters. The lowest BCUT2D eigenvalue weighted by atomic mass is 10.1. The van der Waals surface area contributed by atoms with Crippen LogP contribution in [0.5, 0.6) is 5.75 Å². The topological polar surface area (TPSA) is 79.9 Å². The van der Waals surface area contributed by atoms with Gasteiger partial charge < -0.3 is 21.0 Å². The van der Waals surface area contributed by atoms with Crippen molar-refractivity contribution >= 4 is 5.84 Å². The molecule has 19 heavy (non-hydrogen) atoms. The number of methoxy groups -OCH3 is 1. The summed E-state index contributed by atoms with van der Waals surface area (Å²) in [4.78, 5) is 0. The first-order chi connectivity index (χ1) is 8.97. The lowest BCUT2D eigenvalue weighted by molar-refractivity contribution is 0.318. The average Bonchev–Trinajstić information content (AvgIpc) is 3.02. The summed E-state index contributed by atoms with van der Waals surface area (Å²) in [6, 6.07) is 6.27. The minimum atomic E-state index is 0.0606. The van der Waals surface area contributed by atoms with E-state index < -0.39 is 0 Å². The van der Waals surface area contributed by atoms with Gasteiger partial charge in [0, 0.05) is 12.6 Å². The number of ether oxygens (including phenoxy) is 1. The zero-order chi connectivity index (χ0) is 14.0. The summed E-state index contributed by atoms with van der Waals surface area (Å²) in [6.07, 6.45) is 1.20. The van der Waals surface area contributed by atoms with E-state index >= 15 is 0 Å². The van der Waals surface area contributed by atoms with Gasteiger partial charge in [-0.1, -0.05) is 25.1 Å². The first-order valence-corrected chi connectivity index (χ1v) is 6.36. The zero-order valence-corrected chi connectivity index (χ0v) is 11.6. The molecule has 5 nitrogen and oxygen atoms in total. The van der Waals surface area contributed by atoms with Crippen LogP contribution < -0.4 is 15.8 Å². The Bertz CT molecular complexity index is 497. The van der Waals surface area contributed by atoms with E-state index in [1.165, 1.54) is 6.42 Å². The van der Waals surface area contributed by atoms with Gasteiger partial charge in [0.05, 0.1) is 12.7 Å². The normalized spacial score (nSPS) is 21.2. The SMILES string of the molecule is COc1ccc(CNC2CC2(C)C)cc1C(N)=NO. The molecule has 104 valence electrons. The summed E-state index contributed by atoms with van der Waals surface area (Å²) < 4.78 is 5.20. The van der Waals surface area contributed by atoms with Gasteiger partial charge in [-0.2, -0.15) is 0 Å². The molecule has 4 N–H and O–H groups in total. The number of nitrogens with two attached hydrogens (primary N) is 1. The molecule has 1 aromatic carbocycles. The van der Waals surface area contributed by atoms with E-state index in [2.05, 4.69) is 24.3 Å². The summed E-state index contributed by atoms with van der Waals surface area (Å²) in [5, 5.41) is 15.3. The molecular weight excluding hydrogens is 242 g/mol. The van der Waals surface area contributed by atoms with Gasteiger partial charge in [0.15, 0.2) is 5.84 Å². The molecule has 1 saturated carbocycles. The summed E-state index contributed by atoms with van der Waals surface area (Å²) >= 11 is 0. The van der Waals surface area contributed by atoms with Crippen LogP contribution in [0.3, 0.4) is 0 Å². The van der Waals surface area contributed by atoms with Crippen molar-refractivity contribution in [3.63, 3.8) is 0 Å². The first kappa shape index (κ1) is 13.7. The maximum absolute atomic E-state index is 8.79. The van der Waals surface area contributed by atoms with Crippen LogP contribution in [0.4, 0.5) is 0 Å². The van der Waals surface area contributed by atoms with Gasteiger partial charge in [-0.05, 0) is 29.5 Å². The molecule has 2 rings (SSSR count). The maximum atomic E-state index is 8.79. The van der Waals surface area contributed by atoms with Crippen molar-refractivity contribution in [1.82, 2.24) is 5.32 Å². The maximum Gasteiger partial charge on any atom is 0.173 e. The minimum absolute atomic E-state index is 0.0606. The number of amidine groups is 1. The minimum Gasteiger partial charge on any atom is -0.496 e. The summed E-state index contributed by atoms with van der Waals surface area (Å²) in [5.41, 5.74) is 7.75. The number of benzene rings is 1. The van der Waals surface area contributed by atoms with Crippen LogP contribution in [-0.4, -0.2) is 24.2 Å². The zero-order valence-electron chi connectivity index (χ0n) is 11.6. The third kappa shape index (κ3) is 2.98. The average molecular weight is 263 g/mol. The van der Waals surface area contributed by atoms with Gasteiger partial charge in [0.1, 0.15) is 5.75 Å². The van der Waals surface area contributed by atoms with Crippen molar-refractivity contribution in [3.8, 4) is 5.75 Å². The Labute approximate surface area is 113 Å². The molecule has 1 aromatic rings. The summed E-state index contributed by atoms with van der Waals surface area (Å²) in [5.74, 6) is 0.663. The fourth-order valence-corrected chi connectivity index (χ4v) is 2.18. The second kappa shape index (κ2) is 5.09. The Morgan fingerprint density at radius 3 is 2.79 bits per heavy atom. The molecule has 0 radical (unpaired) electrons. The van der Waals surface area contributed by atoms with Crippen LogP contribution in [-0.2, 0) is 6.54 Å². The van der Waals surface area contributed by atoms with Gasteiger partial charge in [0.25, 0.3) is 0 Å². The molecule has 5 heteroatoms. The molecule has 0 aromatic heterocycles. The summed E-state index contributed by atoms with van der Waals surface area (Å²) in [7, 11) is 1.56. The standard InChI is InChI=1S/C14H21N3O2/c1-14(2)7-12(14)16-8-9-4-5-11(19-3)10(6-9)13(15)17-18/h4-6,12,16,18H,7-8H2,1-3H3,(H2,15,17). The van der Waals surface area contributed by atoms with Crippen LogP contribution in [0.15, 0.2) is 23.4 Å². The second-order valence-corrected chi connectivity index (χ2v) is 5.65. The predicted molar refractivity (Wildman–Crippen MR) is 74.5 cm³/mol. The Kier molecular flexibility index (Phi) is 3.66. The highest BCUT2D eigenvalue weighted by atomic mass is 16.5. The van der Waals surface area contributed by atoms with E-state index in [1.54, 1.807) is 7.11 Å². The van der Waals surface area contributed by atoms with Crippen molar-refractivity contribution in [3.05, 3.63) is 29.3 Å². The largest absolute Gasteiger partial charge is 0.496 e. The molecule has 0 heterocycles. The van der Waals surface area contributed by atoms with E-state index in [-0.39, 0.29) is 5.84 Å². The van der Waals surface area contributed by atoms with Gasteiger partial charge >= 0.3 is 0 Å². The smallest absolute Gasteiger partial charge is 0.173 e. The molecule has 0 bridgehead atoms. The van der Waals surface area contributed by atoms with Crippen molar-refractivity contribution in [2.24, 2.45) is 16.3 Å². The molecule has 1 aliphatic rings. The lowest BCUT2D eigenvalue weighted by Crippen LogP contribution is -2.21. The molecule has 0 aliphatic heterocycles. The second-order valence-electron chi connectivity index (χ2n) is 5.65. The third-order valence-electron chi connectivity index (χ3n) is 3.71. The van der Waals surface area contributed by atoms with Crippen LogP contribution in [0.25, 0.3) is 0 Å². The van der Waals surface area contributed by atoms with Gasteiger partial charge in [0.2, 0.25) is 0 Å².